The molecule has 70 heavy (non-hydrogen) atoms. The van der Waals surface area contributed by atoms with Gasteiger partial charge in [-0.25, -0.2) is 4.57 Å². The van der Waals surface area contributed by atoms with Crippen molar-refractivity contribution in [2.75, 3.05) is 40.9 Å². The number of phosphoric acid groups is 1. The number of esters is 1. The van der Waals surface area contributed by atoms with Crippen LogP contribution in [0.1, 0.15) is 245 Å². The molecule has 0 aromatic heterocycles. The van der Waals surface area contributed by atoms with Gasteiger partial charge < -0.3 is 19.4 Å². The number of nitrogens with one attached hydrogen (secondary N) is 1. The fourth-order valence-electron chi connectivity index (χ4n) is 7.97. The number of nitrogens with zero attached hydrogens (tertiary/aromatic N) is 1. The lowest BCUT2D eigenvalue weighted by atomic mass is 10.0. The predicted octanol–water partition coefficient (Wildman–Crippen LogP) is 17.3. The SMILES string of the molecule is CC/C=C\C/C=C\C/C=C\C/C=C\C/C=C\CCCCCC(=O)OC(/C=C/CCCCCCCCCCC)C(COP(=O)(O)OCC[N+](C)(C)C)NC(=O)CCCCCCCCCCCCCCCC. The molecule has 0 aromatic rings. The van der Waals surface area contributed by atoms with E-state index < -0.39 is 20.0 Å². The Balaban J connectivity index is 5.36. The van der Waals surface area contributed by atoms with Gasteiger partial charge in [-0.3, -0.25) is 18.6 Å². The summed E-state index contributed by atoms with van der Waals surface area (Å²) < 4.78 is 30.6. The van der Waals surface area contributed by atoms with Crippen molar-refractivity contribution in [3.63, 3.8) is 0 Å². The van der Waals surface area contributed by atoms with Crippen molar-refractivity contribution in [3.05, 3.63) is 72.9 Å². The molecule has 3 atom stereocenters. The van der Waals surface area contributed by atoms with Crippen LogP contribution in [0.15, 0.2) is 72.9 Å². The van der Waals surface area contributed by atoms with Crippen LogP contribution in [-0.4, -0.2) is 74.3 Å². The summed E-state index contributed by atoms with van der Waals surface area (Å²) in [7, 11) is 1.47. The second-order valence-electron chi connectivity index (χ2n) is 20.4. The number of allylic oxidation sites excluding steroid dienone is 11. The highest BCUT2D eigenvalue weighted by Gasteiger charge is 2.30. The normalized spacial score (nSPS) is 14.3. The number of carbonyl (C=O) groups excluding carboxylic acids is 2. The van der Waals surface area contributed by atoms with Crippen molar-refractivity contribution in [2.24, 2.45) is 0 Å². The molecule has 406 valence electrons. The van der Waals surface area contributed by atoms with Crippen LogP contribution in [0.4, 0.5) is 0 Å². The summed E-state index contributed by atoms with van der Waals surface area (Å²) in [4.78, 5) is 37.5. The van der Waals surface area contributed by atoms with Gasteiger partial charge >= 0.3 is 13.8 Å². The lowest BCUT2D eigenvalue weighted by Crippen LogP contribution is -2.47. The Bertz CT molecular complexity index is 1430. The average Bonchev–Trinajstić information content (AvgIpc) is 3.32. The first-order valence-corrected chi connectivity index (χ1v) is 30.3. The highest BCUT2D eigenvalue weighted by atomic mass is 31.2. The molecule has 0 aliphatic carbocycles. The molecule has 0 heterocycles. The van der Waals surface area contributed by atoms with Crippen LogP contribution < -0.4 is 5.32 Å². The number of carbonyl (C=O) groups is 2. The minimum Gasteiger partial charge on any atom is -0.456 e. The number of hydrogen-bond acceptors (Lipinski definition) is 6. The van der Waals surface area contributed by atoms with Crippen LogP contribution in [0.2, 0.25) is 0 Å². The third-order valence-corrected chi connectivity index (χ3v) is 13.4. The van der Waals surface area contributed by atoms with Gasteiger partial charge in [0, 0.05) is 12.8 Å². The second kappa shape index (κ2) is 50.0. The number of quaternary nitrogens is 1. The molecular weight excluding hydrogens is 892 g/mol. The molecule has 10 heteroatoms. The molecule has 0 fully saturated rings. The Morgan fingerprint density at radius 3 is 1.39 bits per heavy atom. The average molecular weight is 1000 g/mol. The van der Waals surface area contributed by atoms with E-state index in [0.29, 0.717) is 23.9 Å². The van der Waals surface area contributed by atoms with Gasteiger partial charge in [0.2, 0.25) is 5.91 Å². The fraction of sp³-hybridized carbons (Fsp3) is 0.767. The summed E-state index contributed by atoms with van der Waals surface area (Å²) in [5.74, 6) is -0.542. The van der Waals surface area contributed by atoms with Gasteiger partial charge in [-0.15, -0.1) is 0 Å². The maximum atomic E-state index is 13.5. The van der Waals surface area contributed by atoms with Gasteiger partial charge in [0.05, 0.1) is 33.8 Å². The molecule has 1 amide bonds. The van der Waals surface area contributed by atoms with Gasteiger partial charge in [-0.2, -0.15) is 0 Å². The minimum atomic E-state index is -4.45. The van der Waals surface area contributed by atoms with Gasteiger partial charge in [0.1, 0.15) is 19.3 Å². The van der Waals surface area contributed by atoms with Crippen LogP contribution in [0.3, 0.4) is 0 Å². The van der Waals surface area contributed by atoms with E-state index in [0.717, 1.165) is 89.9 Å². The summed E-state index contributed by atoms with van der Waals surface area (Å²) in [6.45, 7) is 6.87. The Morgan fingerprint density at radius 2 is 0.914 bits per heavy atom. The van der Waals surface area contributed by atoms with E-state index in [1.807, 2.05) is 33.3 Å². The van der Waals surface area contributed by atoms with E-state index in [1.165, 1.54) is 116 Å². The zero-order chi connectivity index (χ0) is 51.5. The number of likely N-dealkylation sites (N-methyl/N-ethyl adjacent to an activating group) is 1. The summed E-state index contributed by atoms with van der Waals surface area (Å²) in [6, 6.07) is -0.861. The Labute approximate surface area is 432 Å². The van der Waals surface area contributed by atoms with Crippen LogP contribution in [0.25, 0.3) is 0 Å². The molecule has 0 saturated carbocycles. The summed E-state index contributed by atoms with van der Waals surface area (Å²) in [5, 5.41) is 3.04. The molecule has 0 saturated heterocycles. The molecule has 0 bridgehead atoms. The van der Waals surface area contributed by atoms with E-state index >= 15 is 0 Å². The lowest BCUT2D eigenvalue weighted by Gasteiger charge is -2.27. The summed E-state index contributed by atoms with van der Waals surface area (Å²) in [5.41, 5.74) is 0. The maximum Gasteiger partial charge on any atom is 0.472 e. The first-order valence-electron chi connectivity index (χ1n) is 28.8. The van der Waals surface area contributed by atoms with Crippen molar-refractivity contribution in [2.45, 2.75) is 258 Å². The molecule has 9 nitrogen and oxygen atoms in total. The second-order valence-corrected chi connectivity index (χ2v) is 21.9. The third kappa shape index (κ3) is 50.4. The monoisotopic (exact) mass is 1000 g/mol. The number of hydrogen-bond donors (Lipinski definition) is 2. The van der Waals surface area contributed by atoms with E-state index in [9.17, 15) is 19.0 Å². The van der Waals surface area contributed by atoms with Crippen molar-refractivity contribution in [3.8, 4) is 0 Å². The molecule has 0 radical (unpaired) electrons. The van der Waals surface area contributed by atoms with Crippen molar-refractivity contribution in [1.82, 2.24) is 5.32 Å². The van der Waals surface area contributed by atoms with Crippen molar-refractivity contribution >= 4 is 19.7 Å². The predicted molar refractivity (Wildman–Crippen MR) is 300 cm³/mol. The van der Waals surface area contributed by atoms with E-state index in [2.05, 4.69) is 86.8 Å². The molecule has 3 unspecified atom stereocenters. The lowest BCUT2D eigenvalue weighted by molar-refractivity contribution is -0.870. The minimum absolute atomic E-state index is 0.0333. The maximum absolute atomic E-state index is 13.5. The Kier molecular flexibility index (Phi) is 48.2. The largest absolute Gasteiger partial charge is 0.472 e. The fourth-order valence-corrected chi connectivity index (χ4v) is 8.70. The molecule has 0 aromatic carbocycles. The summed E-state index contributed by atoms with van der Waals surface area (Å²) in [6.07, 6.45) is 63.2. The number of phosphoric ester groups is 1. The molecule has 0 aliphatic rings. The van der Waals surface area contributed by atoms with Crippen LogP contribution in [0.5, 0.6) is 0 Å². The molecular formula is C60H110N2O7P+. The highest BCUT2D eigenvalue weighted by Crippen LogP contribution is 2.43. The first-order chi connectivity index (χ1) is 33.9. The van der Waals surface area contributed by atoms with Crippen LogP contribution >= 0.6 is 7.82 Å². The zero-order valence-corrected chi connectivity index (χ0v) is 47.1. The molecule has 2 N–H and O–H groups in total. The first kappa shape index (κ1) is 67.5. The molecule has 0 rings (SSSR count). The van der Waals surface area contributed by atoms with Gasteiger partial charge in [-0.1, -0.05) is 229 Å². The van der Waals surface area contributed by atoms with Crippen molar-refractivity contribution in [1.29, 1.82) is 0 Å². The summed E-state index contributed by atoms with van der Waals surface area (Å²) >= 11 is 0. The topological polar surface area (TPSA) is 111 Å². The van der Waals surface area contributed by atoms with Gasteiger partial charge in [-0.05, 0) is 76.7 Å². The quantitative estimate of drug-likeness (QED) is 0.0205. The van der Waals surface area contributed by atoms with Crippen LogP contribution in [0, 0.1) is 0 Å². The highest BCUT2D eigenvalue weighted by molar-refractivity contribution is 7.47. The van der Waals surface area contributed by atoms with Gasteiger partial charge in [0.15, 0.2) is 0 Å². The van der Waals surface area contributed by atoms with Gasteiger partial charge in [0.25, 0.3) is 0 Å². The number of ether oxygens (including phenoxy) is 1. The number of amides is 1. The van der Waals surface area contributed by atoms with E-state index in [4.69, 9.17) is 13.8 Å². The Hall–Kier alpha value is -2.55. The molecule has 0 spiro atoms. The number of unbranched alkanes of at least 4 members (excludes halogenated alkanes) is 25. The molecule has 0 aliphatic heterocycles. The smallest absolute Gasteiger partial charge is 0.456 e. The zero-order valence-electron chi connectivity index (χ0n) is 46.2. The van der Waals surface area contributed by atoms with Crippen molar-refractivity contribution < 1.29 is 37.3 Å². The third-order valence-electron chi connectivity index (χ3n) is 12.4. The number of rotatable bonds is 51. The standard InChI is InChI=1S/C60H109N2O7P/c1-7-10-13-16-19-22-25-27-29-30-31-32-33-35-38-41-44-47-50-53-60(64)69-58(51-48-45-42-39-36-24-21-18-15-12-9-3)57(56-68-70(65,66)67-55-54-62(4,5)6)61-59(63)52-49-46-43-40-37-34-28-26-23-20-17-14-11-8-2/h10,13,19,22,27,29,31-32,35,38,48,51,57-58H,7-9,11-12,14-18,20-21,23-26,28,30,33-34,36-37,39-47,49-50,52-56H2,1-6H3,(H-,61,63,65,66)/p+1/b13-10-,22-19-,29-27-,32-31-,38-35-,51-48+. The Morgan fingerprint density at radius 1 is 0.514 bits per heavy atom. The van der Waals surface area contributed by atoms with E-state index in [1.54, 1.807) is 0 Å². The van der Waals surface area contributed by atoms with E-state index in [-0.39, 0.29) is 31.5 Å². The van der Waals surface area contributed by atoms with Crippen LogP contribution in [-0.2, 0) is 27.9 Å².